The first-order chi connectivity index (χ1) is 8.74. The molecular weight excluding hydrogens is 226 g/mol. The van der Waals surface area contributed by atoms with E-state index in [0.717, 1.165) is 24.4 Å². The molecule has 100 valence electrons. The Labute approximate surface area is 109 Å². The van der Waals surface area contributed by atoms with Gasteiger partial charge in [0, 0.05) is 31.0 Å². The number of rotatable bonds is 7. The van der Waals surface area contributed by atoms with Crippen molar-refractivity contribution in [1.82, 2.24) is 9.97 Å². The highest BCUT2D eigenvalue weighted by atomic mass is 16.5. The monoisotopic (exact) mass is 249 g/mol. The van der Waals surface area contributed by atoms with Crippen LogP contribution in [-0.4, -0.2) is 22.6 Å². The zero-order valence-corrected chi connectivity index (χ0v) is 11.3. The second-order valence-corrected chi connectivity index (χ2v) is 4.99. The third kappa shape index (κ3) is 3.50. The molecule has 1 heterocycles. The Morgan fingerprint density at radius 1 is 1.44 bits per heavy atom. The number of aromatic nitrogens is 2. The van der Waals surface area contributed by atoms with E-state index in [-0.39, 0.29) is 12.1 Å². The molecule has 1 fully saturated rings. The Morgan fingerprint density at radius 2 is 2.22 bits per heavy atom. The molecule has 2 N–H and O–H groups in total. The molecule has 0 aliphatic heterocycles. The Hall–Kier alpha value is -1.00. The van der Waals surface area contributed by atoms with E-state index in [9.17, 15) is 0 Å². The topological polar surface area (TPSA) is 61.0 Å². The molecule has 4 nitrogen and oxygen atoms in total. The van der Waals surface area contributed by atoms with Crippen molar-refractivity contribution in [2.75, 3.05) is 6.61 Å². The zero-order chi connectivity index (χ0) is 13.0. The van der Waals surface area contributed by atoms with Gasteiger partial charge in [0.15, 0.2) is 5.82 Å². The molecule has 1 aromatic rings. The summed E-state index contributed by atoms with van der Waals surface area (Å²) in [5.41, 5.74) is 7.00. The molecular formula is C14H23N3O. The molecule has 1 aliphatic carbocycles. The maximum atomic E-state index is 5.97. The summed E-state index contributed by atoms with van der Waals surface area (Å²) in [6.07, 6.45) is 6.15. The average Bonchev–Trinajstić information content (AvgIpc) is 3.20. The second kappa shape index (κ2) is 6.25. The normalized spacial score (nSPS) is 18.6. The molecule has 0 saturated heterocycles. The molecule has 2 unspecified atom stereocenters. The molecule has 1 aromatic heterocycles. The van der Waals surface area contributed by atoms with Gasteiger partial charge in [-0.05, 0) is 38.2 Å². The number of ether oxygens (including phenoxy) is 1. The van der Waals surface area contributed by atoms with Crippen LogP contribution in [-0.2, 0) is 11.2 Å². The Kier molecular flexibility index (Phi) is 4.66. The largest absolute Gasteiger partial charge is 0.370 e. The Morgan fingerprint density at radius 3 is 2.83 bits per heavy atom. The first kappa shape index (κ1) is 13.4. The summed E-state index contributed by atoms with van der Waals surface area (Å²) < 4.78 is 5.78. The minimum absolute atomic E-state index is 0.0767. The first-order valence-electron chi connectivity index (χ1n) is 6.93. The standard InChI is InChI=1S/C14H23N3O/c1-3-11(15)9-12-7-8-16-14(17-12)13(18-4-2)10-5-6-10/h7-8,10-11,13H,3-6,9,15H2,1-2H3. The van der Waals surface area contributed by atoms with E-state index < -0.39 is 0 Å². The smallest absolute Gasteiger partial charge is 0.157 e. The number of hydrogen-bond donors (Lipinski definition) is 1. The fourth-order valence-corrected chi connectivity index (χ4v) is 2.08. The second-order valence-electron chi connectivity index (χ2n) is 4.99. The first-order valence-corrected chi connectivity index (χ1v) is 6.93. The van der Waals surface area contributed by atoms with E-state index in [1.165, 1.54) is 12.8 Å². The number of hydrogen-bond acceptors (Lipinski definition) is 4. The van der Waals surface area contributed by atoms with Gasteiger partial charge >= 0.3 is 0 Å². The number of nitrogens with two attached hydrogens (primary N) is 1. The van der Waals surface area contributed by atoms with Crippen LogP contribution in [0.4, 0.5) is 0 Å². The Balaban J connectivity index is 2.09. The van der Waals surface area contributed by atoms with Crippen molar-refractivity contribution < 1.29 is 4.74 Å². The van der Waals surface area contributed by atoms with Crippen LogP contribution in [0, 0.1) is 5.92 Å². The predicted octanol–water partition coefficient (Wildman–Crippen LogP) is 2.24. The molecule has 0 radical (unpaired) electrons. The summed E-state index contributed by atoms with van der Waals surface area (Å²) in [5.74, 6) is 1.44. The van der Waals surface area contributed by atoms with Gasteiger partial charge in [0.05, 0.1) is 0 Å². The van der Waals surface area contributed by atoms with Crippen LogP contribution in [0.5, 0.6) is 0 Å². The van der Waals surface area contributed by atoms with Crippen molar-refractivity contribution in [1.29, 1.82) is 0 Å². The number of nitrogens with zero attached hydrogens (tertiary/aromatic N) is 2. The predicted molar refractivity (Wildman–Crippen MR) is 71.1 cm³/mol. The lowest BCUT2D eigenvalue weighted by Gasteiger charge is -2.16. The molecule has 18 heavy (non-hydrogen) atoms. The summed E-state index contributed by atoms with van der Waals surface area (Å²) in [4.78, 5) is 9.00. The van der Waals surface area contributed by atoms with Crippen LogP contribution in [0.25, 0.3) is 0 Å². The van der Waals surface area contributed by atoms with E-state index in [4.69, 9.17) is 10.5 Å². The maximum Gasteiger partial charge on any atom is 0.157 e. The fourth-order valence-electron chi connectivity index (χ4n) is 2.08. The fraction of sp³-hybridized carbons (Fsp3) is 0.714. The third-order valence-corrected chi connectivity index (χ3v) is 3.38. The summed E-state index contributed by atoms with van der Waals surface area (Å²) in [5, 5.41) is 0. The lowest BCUT2D eigenvalue weighted by molar-refractivity contribution is 0.0398. The minimum atomic E-state index is 0.0767. The van der Waals surface area contributed by atoms with Crippen molar-refractivity contribution >= 4 is 0 Å². The third-order valence-electron chi connectivity index (χ3n) is 3.38. The lowest BCUT2D eigenvalue weighted by Crippen LogP contribution is -2.22. The van der Waals surface area contributed by atoms with Gasteiger partial charge in [-0.1, -0.05) is 6.92 Å². The highest BCUT2D eigenvalue weighted by molar-refractivity contribution is 5.08. The lowest BCUT2D eigenvalue weighted by atomic mass is 10.1. The highest BCUT2D eigenvalue weighted by Crippen LogP contribution is 2.42. The molecule has 0 aromatic carbocycles. The van der Waals surface area contributed by atoms with Gasteiger partial charge in [0.1, 0.15) is 6.10 Å². The summed E-state index contributed by atoms with van der Waals surface area (Å²) in [6.45, 7) is 4.83. The van der Waals surface area contributed by atoms with Crippen LogP contribution in [0.2, 0.25) is 0 Å². The molecule has 0 spiro atoms. The molecule has 2 atom stereocenters. The van der Waals surface area contributed by atoms with Crippen molar-refractivity contribution in [3.05, 3.63) is 23.8 Å². The Bertz CT molecular complexity index is 379. The van der Waals surface area contributed by atoms with Crippen molar-refractivity contribution in [3.63, 3.8) is 0 Å². The maximum absolute atomic E-state index is 5.97. The SMILES string of the molecule is CCOC(c1nccc(CC(N)CC)n1)C1CC1. The van der Waals surface area contributed by atoms with E-state index in [1.54, 1.807) is 0 Å². The summed E-state index contributed by atoms with van der Waals surface area (Å²) >= 11 is 0. The van der Waals surface area contributed by atoms with Crippen molar-refractivity contribution in [3.8, 4) is 0 Å². The van der Waals surface area contributed by atoms with Gasteiger partial charge in [-0.25, -0.2) is 9.97 Å². The van der Waals surface area contributed by atoms with E-state index >= 15 is 0 Å². The molecule has 0 bridgehead atoms. The molecule has 1 aliphatic rings. The summed E-state index contributed by atoms with van der Waals surface area (Å²) in [7, 11) is 0. The highest BCUT2D eigenvalue weighted by Gasteiger charge is 2.34. The van der Waals surface area contributed by atoms with Crippen molar-refractivity contribution in [2.24, 2.45) is 11.7 Å². The van der Waals surface area contributed by atoms with E-state index in [0.29, 0.717) is 12.5 Å². The van der Waals surface area contributed by atoms with Crippen LogP contribution < -0.4 is 5.73 Å². The van der Waals surface area contributed by atoms with Gasteiger partial charge in [-0.2, -0.15) is 0 Å². The van der Waals surface area contributed by atoms with E-state index in [1.807, 2.05) is 19.2 Å². The quantitative estimate of drug-likeness (QED) is 0.805. The van der Waals surface area contributed by atoms with Crippen LogP contribution >= 0.6 is 0 Å². The van der Waals surface area contributed by atoms with Gasteiger partial charge in [0.25, 0.3) is 0 Å². The van der Waals surface area contributed by atoms with Crippen LogP contribution in [0.3, 0.4) is 0 Å². The molecule has 4 heteroatoms. The van der Waals surface area contributed by atoms with Crippen LogP contribution in [0.15, 0.2) is 12.3 Å². The van der Waals surface area contributed by atoms with Gasteiger partial charge in [-0.3, -0.25) is 0 Å². The van der Waals surface area contributed by atoms with Gasteiger partial charge < -0.3 is 10.5 Å². The minimum Gasteiger partial charge on any atom is -0.370 e. The van der Waals surface area contributed by atoms with Gasteiger partial charge in [0.2, 0.25) is 0 Å². The van der Waals surface area contributed by atoms with E-state index in [2.05, 4.69) is 16.9 Å². The van der Waals surface area contributed by atoms with Gasteiger partial charge in [-0.15, -0.1) is 0 Å². The zero-order valence-electron chi connectivity index (χ0n) is 11.3. The van der Waals surface area contributed by atoms with Crippen molar-refractivity contribution in [2.45, 2.75) is 51.7 Å². The van der Waals surface area contributed by atoms with Crippen LogP contribution in [0.1, 0.15) is 50.7 Å². The molecule has 2 rings (SSSR count). The average molecular weight is 249 g/mol. The molecule has 1 saturated carbocycles. The summed E-state index contributed by atoms with van der Waals surface area (Å²) in [6, 6.07) is 2.13. The molecule has 0 amide bonds.